The van der Waals surface area contributed by atoms with Crippen LogP contribution in [0.15, 0.2) is 28.7 Å². The van der Waals surface area contributed by atoms with Crippen LogP contribution < -0.4 is 5.32 Å². The lowest BCUT2D eigenvalue weighted by Gasteiger charge is -2.29. The van der Waals surface area contributed by atoms with E-state index >= 15 is 0 Å². The fourth-order valence-electron chi connectivity index (χ4n) is 2.85. The summed E-state index contributed by atoms with van der Waals surface area (Å²) in [5, 5.41) is 2.94. The van der Waals surface area contributed by atoms with Gasteiger partial charge in [-0.15, -0.1) is 0 Å². The minimum Gasteiger partial charge on any atom is -0.338 e. The van der Waals surface area contributed by atoms with E-state index in [0.29, 0.717) is 26.1 Å². The number of nitrogens with zero attached hydrogens (tertiary/aromatic N) is 2. The van der Waals surface area contributed by atoms with Crippen LogP contribution in [0, 0.1) is 0 Å². The number of likely N-dealkylation sites (N-methyl/N-ethyl adjacent to an activating group) is 1. The number of hydrogen-bond acceptors (Lipinski definition) is 4. The van der Waals surface area contributed by atoms with Crippen LogP contribution in [-0.2, 0) is 16.3 Å². The Morgan fingerprint density at radius 1 is 1.24 bits per heavy atom. The Morgan fingerprint density at radius 3 is 2.48 bits per heavy atom. The summed E-state index contributed by atoms with van der Waals surface area (Å²) in [5.41, 5.74) is 1.15. The Morgan fingerprint density at radius 2 is 1.92 bits per heavy atom. The van der Waals surface area contributed by atoms with E-state index in [1.165, 1.54) is 0 Å². The van der Waals surface area contributed by atoms with E-state index in [0.717, 1.165) is 16.5 Å². The zero-order valence-electron chi connectivity index (χ0n) is 14.7. The van der Waals surface area contributed by atoms with Gasteiger partial charge in [-0.3, -0.25) is 0 Å². The second kappa shape index (κ2) is 9.00. The fraction of sp³-hybridized carbons (Fsp3) is 0.588. The third-order valence-electron chi connectivity index (χ3n) is 4.30. The highest BCUT2D eigenvalue weighted by atomic mass is 79.9. The molecule has 1 N–H and O–H groups in total. The number of nitrogens with one attached hydrogen (secondary N) is 1. The molecule has 1 heterocycles. The van der Waals surface area contributed by atoms with Gasteiger partial charge < -0.3 is 15.1 Å². The third kappa shape index (κ3) is 6.60. The summed E-state index contributed by atoms with van der Waals surface area (Å²) >= 11 is 3.40. The number of sulfone groups is 1. The van der Waals surface area contributed by atoms with Crippen molar-refractivity contribution in [1.82, 2.24) is 15.1 Å². The molecule has 2 amide bonds. The monoisotopic (exact) mass is 431 g/mol. The number of hydrogen-bond donors (Lipinski definition) is 1. The number of halogens is 1. The first-order valence-electron chi connectivity index (χ1n) is 8.41. The maximum absolute atomic E-state index is 12.6. The van der Waals surface area contributed by atoms with Crippen molar-refractivity contribution in [3.63, 3.8) is 0 Å². The zero-order valence-corrected chi connectivity index (χ0v) is 17.1. The molecule has 0 aromatic heterocycles. The summed E-state index contributed by atoms with van der Waals surface area (Å²) in [5.74, 6) is 0.239. The van der Waals surface area contributed by atoms with Crippen LogP contribution in [0.3, 0.4) is 0 Å². The zero-order chi connectivity index (χ0) is 18.4. The highest BCUT2D eigenvalue weighted by molar-refractivity contribution is 9.10. The number of amides is 2. The van der Waals surface area contributed by atoms with Gasteiger partial charge in [0, 0.05) is 30.1 Å². The molecule has 0 aliphatic carbocycles. The molecule has 1 aliphatic rings. The summed E-state index contributed by atoms with van der Waals surface area (Å²) in [4.78, 5) is 16.3. The predicted octanol–water partition coefficient (Wildman–Crippen LogP) is 1.75. The van der Waals surface area contributed by atoms with E-state index in [2.05, 4.69) is 21.2 Å². The van der Waals surface area contributed by atoms with Crippen molar-refractivity contribution in [2.75, 3.05) is 45.2 Å². The van der Waals surface area contributed by atoms with Crippen molar-refractivity contribution in [2.24, 2.45) is 0 Å². The van der Waals surface area contributed by atoms with Crippen molar-refractivity contribution in [3.8, 4) is 0 Å². The number of carbonyl (C=O) groups excluding carboxylic acids is 1. The summed E-state index contributed by atoms with van der Waals surface area (Å²) < 4.78 is 24.5. The van der Waals surface area contributed by atoms with Gasteiger partial charge >= 0.3 is 6.03 Å². The molecule has 1 unspecified atom stereocenters. The average Bonchev–Trinajstić information content (AvgIpc) is 2.89. The molecule has 1 saturated heterocycles. The fourth-order valence-corrected chi connectivity index (χ4v) is 4.84. The van der Waals surface area contributed by atoms with Crippen LogP contribution in [-0.4, -0.2) is 75.5 Å². The highest BCUT2D eigenvalue weighted by Crippen LogP contribution is 2.18. The summed E-state index contributed by atoms with van der Waals surface area (Å²) in [6.45, 7) is 1.76. The van der Waals surface area contributed by atoms with Crippen LogP contribution in [0.25, 0.3) is 0 Å². The minimum atomic E-state index is -3.02. The van der Waals surface area contributed by atoms with E-state index in [-0.39, 0.29) is 23.6 Å². The molecule has 6 nitrogen and oxygen atoms in total. The lowest BCUT2D eigenvalue weighted by molar-refractivity contribution is 0.173. The molecule has 1 fully saturated rings. The molecular weight excluding hydrogens is 406 g/mol. The van der Waals surface area contributed by atoms with E-state index in [4.69, 9.17) is 0 Å². The SMILES string of the molecule is CN(C)CCN(C(=O)NCCc1ccc(Br)cc1)C1CCS(=O)(=O)C1. The smallest absolute Gasteiger partial charge is 0.317 e. The summed E-state index contributed by atoms with van der Waals surface area (Å²) in [7, 11) is 0.859. The first kappa shape index (κ1) is 20.2. The molecule has 1 atom stereocenters. The van der Waals surface area contributed by atoms with Crippen molar-refractivity contribution in [1.29, 1.82) is 0 Å². The van der Waals surface area contributed by atoms with Gasteiger partial charge in [-0.05, 0) is 44.6 Å². The Bertz CT molecular complexity index is 677. The largest absolute Gasteiger partial charge is 0.338 e. The Balaban J connectivity index is 1.91. The predicted molar refractivity (Wildman–Crippen MR) is 104 cm³/mol. The maximum Gasteiger partial charge on any atom is 0.317 e. The molecule has 0 spiro atoms. The first-order chi connectivity index (χ1) is 11.8. The molecule has 2 rings (SSSR count). The Hall–Kier alpha value is -1.12. The minimum absolute atomic E-state index is 0.0700. The van der Waals surface area contributed by atoms with Gasteiger partial charge in [-0.25, -0.2) is 13.2 Å². The van der Waals surface area contributed by atoms with Gasteiger partial charge in [0.25, 0.3) is 0 Å². The van der Waals surface area contributed by atoms with Gasteiger partial charge in [-0.2, -0.15) is 0 Å². The van der Waals surface area contributed by atoms with Crippen molar-refractivity contribution >= 4 is 31.8 Å². The van der Waals surface area contributed by atoms with Crippen LogP contribution in [0.5, 0.6) is 0 Å². The van der Waals surface area contributed by atoms with E-state index in [1.807, 2.05) is 43.3 Å². The third-order valence-corrected chi connectivity index (χ3v) is 6.58. The van der Waals surface area contributed by atoms with Gasteiger partial charge in [0.1, 0.15) is 0 Å². The van der Waals surface area contributed by atoms with Crippen LogP contribution in [0.4, 0.5) is 4.79 Å². The average molecular weight is 432 g/mol. The van der Waals surface area contributed by atoms with E-state index in [9.17, 15) is 13.2 Å². The topological polar surface area (TPSA) is 69.7 Å². The van der Waals surface area contributed by atoms with E-state index in [1.54, 1.807) is 4.90 Å². The van der Waals surface area contributed by atoms with Crippen LogP contribution in [0.1, 0.15) is 12.0 Å². The molecule has 8 heteroatoms. The molecule has 25 heavy (non-hydrogen) atoms. The van der Waals surface area contributed by atoms with E-state index < -0.39 is 9.84 Å². The van der Waals surface area contributed by atoms with Crippen molar-refractivity contribution in [3.05, 3.63) is 34.3 Å². The number of rotatable bonds is 7. The summed E-state index contributed by atoms with van der Waals surface area (Å²) in [6.07, 6.45) is 1.26. The van der Waals surface area contributed by atoms with Crippen LogP contribution >= 0.6 is 15.9 Å². The van der Waals surface area contributed by atoms with Gasteiger partial charge in [0.2, 0.25) is 0 Å². The second-order valence-corrected chi connectivity index (χ2v) is 9.81. The quantitative estimate of drug-likeness (QED) is 0.713. The highest BCUT2D eigenvalue weighted by Gasteiger charge is 2.34. The Labute approximate surface area is 158 Å². The molecule has 0 bridgehead atoms. The van der Waals surface area contributed by atoms with Gasteiger partial charge in [-0.1, -0.05) is 28.1 Å². The number of urea groups is 1. The lowest BCUT2D eigenvalue weighted by atomic mass is 10.1. The molecular formula is C17H26BrN3O3S. The molecule has 140 valence electrons. The van der Waals surface area contributed by atoms with Crippen molar-refractivity contribution < 1.29 is 13.2 Å². The first-order valence-corrected chi connectivity index (χ1v) is 11.0. The molecule has 1 aromatic rings. The summed E-state index contributed by atoms with van der Waals surface area (Å²) in [6, 6.07) is 7.58. The molecule has 1 aromatic carbocycles. The van der Waals surface area contributed by atoms with Crippen molar-refractivity contribution in [2.45, 2.75) is 18.9 Å². The Kier molecular flexibility index (Phi) is 7.27. The van der Waals surface area contributed by atoms with Crippen LogP contribution in [0.2, 0.25) is 0 Å². The van der Waals surface area contributed by atoms with Gasteiger partial charge in [0.05, 0.1) is 11.5 Å². The molecule has 1 aliphatic heterocycles. The standard InChI is InChI=1S/C17H26BrN3O3S/c1-20(2)10-11-21(16-8-12-25(23,24)13-16)17(22)19-9-7-14-3-5-15(18)6-4-14/h3-6,16H,7-13H2,1-2H3,(H,19,22). The number of benzene rings is 1. The maximum atomic E-state index is 12.6. The second-order valence-electron chi connectivity index (χ2n) is 6.66. The molecule has 0 radical (unpaired) electrons. The number of carbonyl (C=O) groups is 1. The molecule has 0 saturated carbocycles. The van der Waals surface area contributed by atoms with Gasteiger partial charge in [0.15, 0.2) is 9.84 Å². The normalized spacial score (nSPS) is 19.1. The lowest BCUT2D eigenvalue weighted by Crippen LogP contribution is -2.49.